The smallest absolute Gasteiger partial charge is 0.272 e. The van der Waals surface area contributed by atoms with Gasteiger partial charge in [-0.15, -0.1) is 0 Å². The molecule has 10 nitrogen and oxygen atoms in total. The molecule has 41 heavy (non-hydrogen) atoms. The van der Waals surface area contributed by atoms with Gasteiger partial charge in [0.2, 0.25) is 0 Å². The fraction of sp³-hybridized carbons (Fsp3) is 0.258. The highest BCUT2D eigenvalue weighted by Crippen LogP contribution is 2.31. The molecule has 4 heterocycles. The number of anilines is 1. The minimum Gasteiger partial charge on any atom is -0.367 e. The van der Waals surface area contributed by atoms with Crippen LogP contribution in [0.15, 0.2) is 61.1 Å². The normalized spacial score (nSPS) is 13.5. The molecule has 0 bridgehead atoms. The first-order valence-corrected chi connectivity index (χ1v) is 13.8. The Bertz CT molecular complexity index is 1760. The van der Waals surface area contributed by atoms with E-state index in [4.69, 9.17) is 0 Å². The topological polar surface area (TPSA) is 130 Å². The summed E-state index contributed by atoms with van der Waals surface area (Å²) in [4.78, 5) is 29.5. The van der Waals surface area contributed by atoms with Crippen molar-refractivity contribution in [2.24, 2.45) is 0 Å². The van der Waals surface area contributed by atoms with Crippen LogP contribution in [0.1, 0.15) is 34.1 Å². The molecular formula is C31H31N9O. The number of hydrogen-bond donors (Lipinski definition) is 3. The number of hydrogen-bond acceptors (Lipinski definition) is 7. The fourth-order valence-corrected chi connectivity index (χ4v) is 5.37. The average molecular weight is 546 g/mol. The minimum absolute atomic E-state index is 0.100. The highest BCUT2D eigenvalue weighted by Gasteiger charge is 2.25. The minimum atomic E-state index is -0.100. The molecule has 0 unspecified atom stereocenters. The van der Waals surface area contributed by atoms with Crippen LogP contribution < -0.4 is 10.2 Å². The van der Waals surface area contributed by atoms with E-state index < -0.39 is 0 Å². The van der Waals surface area contributed by atoms with Gasteiger partial charge in [0.15, 0.2) is 5.82 Å². The van der Waals surface area contributed by atoms with Crippen LogP contribution in [0.4, 0.5) is 5.69 Å². The fourth-order valence-electron chi connectivity index (χ4n) is 5.37. The summed E-state index contributed by atoms with van der Waals surface area (Å²) in [5.74, 6) is 0.436. The summed E-state index contributed by atoms with van der Waals surface area (Å²) < 4.78 is 0. The third-order valence-electron chi connectivity index (χ3n) is 7.72. The Balaban J connectivity index is 1.21. The molecule has 2 aromatic carbocycles. The molecule has 0 aliphatic carbocycles. The van der Waals surface area contributed by atoms with Crippen LogP contribution in [0, 0.1) is 18.3 Å². The molecule has 1 fully saturated rings. The van der Waals surface area contributed by atoms with Crippen LogP contribution in [0.2, 0.25) is 0 Å². The summed E-state index contributed by atoms with van der Waals surface area (Å²) in [6.07, 6.45) is 5.39. The number of aromatic nitrogens is 5. The summed E-state index contributed by atoms with van der Waals surface area (Å²) >= 11 is 0. The van der Waals surface area contributed by atoms with Gasteiger partial charge >= 0.3 is 0 Å². The maximum absolute atomic E-state index is 13.3. The number of carbonyl (C=O) groups is 1. The van der Waals surface area contributed by atoms with E-state index in [9.17, 15) is 10.1 Å². The zero-order chi connectivity index (χ0) is 28.3. The Morgan fingerprint density at radius 1 is 1.10 bits per heavy atom. The number of nitrogens with zero attached hydrogens (tertiary/aromatic N) is 6. The second-order valence-electron chi connectivity index (χ2n) is 10.1. The number of nitrogens with one attached hydrogen (secondary N) is 3. The van der Waals surface area contributed by atoms with Crippen molar-refractivity contribution in [3.8, 4) is 28.7 Å². The highest BCUT2D eigenvalue weighted by atomic mass is 16.2. The number of fused-ring (bicyclic) bond motifs is 1. The number of para-hydroxylation sites is 1. The Labute approximate surface area is 238 Å². The molecule has 0 atom stereocenters. The predicted molar refractivity (Wildman–Crippen MR) is 158 cm³/mol. The van der Waals surface area contributed by atoms with Crippen LogP contribution in [0.3, 0.4) is 0 Å². The first-order chi connectivity index (χ1) is 20.1. The molecule has 1 amide bonds. The molecule has 1 saturated heterocycles. The Hall–Kier alpha value is -5.01. The Morgan fingerprint density at radius 3 is 2.73 bits per heavy atom. The molecule has 1 aliphatic rings. The second-order valence-corrected chi connectivity index (χ2v) is 10.1. The van der Waals surface area contributed by atoms with Crippen molar-refractivity contribution in [3.63, 3.8) is 0 Å². The van der Waals surface area contributed by atoms with Gasteiger partial charge in [0, 0.05) is 56.1 Å². The number of nitriles is 1. The van der Waals surface area contributed by atoms with Crippen molar-refractivity contribution in [1.82, 2.24) is 35.4 Å². The molecule has 3 aromatic heterocycles. The quantitative estimate of drug-likeness (QED) is 0.279. The largest absolute Gasteiger partial charge is 0.367 e. The predicted octanol–water partition coefficient (Wildman–Crippen LogP) is 4.27. The molecular weight excluding hydrogens is 514 g/mol. The van der Waals surface area contributed by atoms with Crippen molar-refractivity contribution in [2.75, 3.05) is 37.6 Å². The molecule has 0 spiro atoms. The molecule has 0 radical (unpaired) electrons. The maximum Gasteiger partial charge on any atom is 0.272 e. The maximum atomic E-state index is 13.3. The van der Waals surface area contributed by atoms with Crippen molar-refractivity contribution in [1.29, 1.82) is 5.26 Å². The summed E-state index contributed by atoms with van der Waals surface area (Å²) in [5.41, 5.74) is 7.99. The monoisotopic (exact) mass is 545 g/mol. The van der Waals surface area contributed by atoms with Gasteiger partial charge in [0.25, 0.3) is 5.91 Å². The van der Waals surface area contributed by atoms with Crippen molar-refractivity contribution in [2.45, 2.75) is 20.4 Å². The number of imidazole rings is 1. The summed E-state index contributed by atoms with van der Waals surface area (Å²) in [6.45, 7) is 8.31. The van der Waals surface area contributed by atoms with E-state index in [0.29, 0.717) is 49.0 Å². The van der Waals surface area contributed by atoms with Crippen molar-refractivity contribution < 1.29 is 4.79 Å². The first-order valence-electron chi connectivity index (χ1n) is 13.8. The van der Waals surface area contributed by atoms with Gasteiger partial charge in [-0.3, -0.25) is 14.9 Å². The molecule has 206 valence electrons. The van der Waals surface area contributed by atoms with E-state index >= 15 is 0 Å². The standard InChI is InChI=1S/C31H31N9O/c1-3-33-16-23-17-34-18-25(20(23)2)21-8-9-26-24(14-21)29(38-37-26)30-35-19-27(36-30)31(41)40-12-10-39(11-13-40)28-7-5-4-6-22(28)15-32/h4-9,14,17-19,33H,3,10-13,16H2,1-2H3,(H,35,36)(H,37,38). The van der Waals surface area contributed by atoms with Crippen LogP contribution in [0.25, 0.3) is 33.5 Å². The molecule has 0 saturated carbocycles. The van der Waals surface area contributed by atoms with Gasteiger partial charge in [0.1, 0.15) is 17.5 Å². The number of amides is 1. The zero-order valence-corrected chi connectivity index (χ0v) is 23.1. The third-order valence-corrected chi connectivity index (χ3v) is 7.72. The first kappa shape index (κ1) is 26.2. The number of rotatable bonds is 7. The van der Waals surface area contributed by atoms with Crippen LogP contribution in [-0.4, -0.2) is 68.7 Å². The molecule has 3 N–H and O–H groups in total. The van der Waals surface area contributed by atoms with E-state index in [2.05, 4.69) is 67.4 Å². The molecule has 5 aromatic rings. The van der Waals surface area contributed by atoms with Crippen molar-refractivity contribution in [3.05, 3.63) is 83.4 Å². The van der Waals surface area contributed by atoms with Gasteiger partial charge < -0.3 is 20.1 Å². The SMILES string of the molecule is CCNCc1cncc(-c2ccc3[nH]nc(-c4ncc(C(=O)N5CCN(c6ccccc6C#N)CC5)[nH]4)c3c2)c1C. The van der Waals surface area contributed by atoms with Crippen LogP contribution in [-0.2, 0) is 6.54 Å². The number of carbonyl (C=O) groups excluding carboxylic acids is 1. The number of pyridine rings is 1. The number of piperazine rings is 1. The van der Waals surface area contributed by atoms with Gasteiger partial charge in [-0.05, 0) is 54.4 Å². The Morgan fingerprint density at radius 2 is 1.93 bits per heavy atom. The Kier molecular flexibility index (Phi) is 7.18. The van der Waals surface area contributed by atoms with E-state index in [-0.39, 0.29) is 5.91 Å². The second kappa shape index (κ2) is 11.2. The van der Waals surface area contributed by atoms with Gasteiger partial charge in [-0.25, -0.2) is 4.98 Å². The van der Waals surface area contributed by atoms with E-state index in [1.165, 1.54) is 11.1 Å². The number of aromatic amines is 2. The van der Waals surface area contributed by atoms with E-state index in [1.807, 2.05) is 47.6 Å². The number of benzene rings is 2. The lowest BCUT2D eigenvalue weighted by Crippen LogP contribution is -2.49. The lowest BCUT2D eigenvalue weighted by Gasteiger charge is -2.36. The lowest BCUT2D eigenvalue weighted by atomic mass is 9.98. The molecule has 1 aliphatic heterocycles. The van der Waals surface area contributed by atoms with Crippen LogP contribution >= 0.6 is 0 Å². The van der Waals surface area contributed by atoms with Crippen molar-refractivity contribution >= 4 is 22.5 Å². The van der Waals surface area contributed by atoms with Gasteiger partial charge in [-0.1, -0.05) is 25.1 Å². The molecule has 10 heteroatoms. The highest BCUT2D eigenvalue weighted by molar-refractivity contribution is 5.96. The third kappa shape index (κ3) is 5.03. The number of H-pyrrole nitrogens is 2. The summed E-state index contributed by atoms with van der Waals surface area (Å²) in [5, 5.41) is 21.4. The zero-order valence-electron chi connectivity index (χ0n) is 23.1. The van der Waals surface area contributed by atoms with E-state index in [0.717, 1.165) is 40.8 Å². The van der Waals surface area contributed by atoms with Gasteiger partial charge in [0.05, 0.1) is 23.0 Å². The van der Waals surface area contributed by atoms with Crippen LogP contribution in [0.5, 0.6) is 0 Å². The molecule has 6 rings (SSSR count). The summed E-state index contributed by atoms with van der Waals surface area (Å²) in [6, 6.07) is 16.0. The summed E-state index contributed by atoms with van der Waals surface area (Å²) in [7, 11) is 0. The lowest BCUT2D eigenvalue weighted by molar-refractivity contribution is 0.0741. The average Bonchev–Trinajstić information content (AvgIpc) is 3.67. The van der Waals surface area contributed by atoms with Gasteiger partial charge in [-0.2, -0.15) is 10.4 Å². The van der Waals surface area contributed by atoms with E-state index in [1.54, 1.807) is 6.20 Å².